The highest BCUT2D eigenvalue weighted by Gasteiger charge is 2.52. The van der Waals surface area contributed by atoms with E-state index in [1.807, 2.05) is 23.1 Å². The SMILES string of the molecule is Cc1oc(-c2ccccc2Cl)cc1C(=O)N1CCCC1C1(O)CC1. The maximum absolute atomic E-state index is 13.0. The predicted molar refractivity (Wildman–Crippen MR) is 92.1 cm³/mol. The molecule has 1 N–H and O–H groups in total. The molecule has 1 aliphatic heterocycles. The van der Waals surface area contributed by atoms with Crippen LogP contribution in [0.25, 0.3) is 11.3 Å². The zero-order chi connectivity index (χ0) is 16.9. The van der Waals surface area contributed by atoms with Crippen LogP contribution in [0.1, 0.15) is 41.8 Å². The average Bonchev–Trinajstić information content (AvgIpc) is 3.01. The maximum atomic E-state index is 13.0. The third-order valence-electron chi connectivity index (χ3n) is 5.18. The van der Waals surface area contributed by atoms with Gasteiger partial charge in [0.1, 0.15) is 11.5 Å². The predicted octanol–water partition coefficient (Wildman–Crippen LogP) is 4.04. The number of benzene rings is 1. The quantitative estimate of drug-likeness (QED) is 0.913. The third-order valence-corrected chi connectivity index (χ3v) is 5.51. The lowest BCUT2D eigenvalue weighted by Gasteiger charge is -2.28. The monoisotopic (exact) mass is 345 g/mol. The summed E-state index contributed by atoms with van der Waals surface area (Å²) in [5.74, 6) is 1.13. The van der Waals surface area contributed by atoms with Crippen molar-refractivity contribution in [3.05, 3.63) is 46.7 Å². The lowest BCUT2D eigenvalue weighted by molar-refractivity contribution is 0.0385. The Labute approximate surface area is 146 Å². The maximum Gasteiger partial charge on any atom is 0.257 e. The number of hydrogen-bond acceptors (Lipinski definition) is 3. The zero-order valence-electron chi connectivity index (χ0n) is 13.6. The highest BCUT2D eigenvalue weighted by Crippen LogP contribution is 2.45. The highest BCUT2D eigenvalue weighted by molar-refractivity contribution is 6.33. The first kappa shape index (κ1) is 15.7. The summed E-state index contributed by atoms with van der Waals surface area (Å²) >= 11 is 6.23. The van der Waals surface area contributed by atoms with Crippen LogP contribution >= 0.6 is 11.6 Å². The molecule has 0 bridgehead atoms. The van der Waals surface area contributed by atoms with E-state index in [4.69, 9.17) is 16.0 Å². The third kappa shape index (κ3) is 2.54. The molecule has 1 saturated carbocycles. The molecule has 0 radical (unpaired) electrons. The van der Waals surface area contributed by atoms with Crippen LogP contribution in [0.3, 0.4) is 0 Å². The molecular weight excluding hydrogens is 326 g/mol. The van der Waals surface area contributed by atoms with Gasteiger partial charge in [0.25, 0.3) is 5.91 Å². The number of carbonyl (C=O) groups is 1. The summed E-state index contributed by atoms with van der Waals surface area (Å²) in [7, 11) is 0. The van der Waals surface area contributed by atoms with Crippen LogP contribution in [0.2, 0.25) is 5.02 Å². The Kier molecular flexibility index (Phi) is 3.70. The van der Waals surface area contributed by atoms with Crippen LogP contribution < -0.4 is 0 Å². The molecule has 4 rings (SSSR count). The molecule has 1 atom stereocenters. The van der Waals surface area contributed by atoms with Crippen molar-refractivity contribution in [1.29, 1.82) is 0 Å². The summed E-state index contributed by atoms with van der Waals surface area (Å²) in [4.78, 5) is 14.8. The molecule has 4 nitrogen and oxygen atoms in total. The Bertz CT molecular complexity index is 794. The topological polar surface area (TPSA) is 53.7 Å². The van der Waals surface area contributed by atoms with E-state index in [1.54, 1.807) is 19.1 Å². The number of amides is 1. The van der Waals surface area contributed by atoms with E-state index in [1.165, 1.54) is 0 Å². The fourth-order valence-electron chi connectivity index (χ4n) is 3.67. The fourth-order valence-corrected chi connectivity index (χ4v) is 3.90. The van der Waals surface area contributed by atoms with Gasteiger partial charge in [-0.2, -0.15) is 0 Å². The second kappa shape index (κ2) is 5.64. The van der Waals surface area contributed by atoms with Crippen molar-refractivity contribution in [2.24, 2.45) is 0 Å². The Hall–Kier alpha value is -1.78. The number of halogens is 1. The lowest BCUT2D eigenvalue weighted by atomic mass is 10.1. The minimum atomic E-state index is -0.671. The van der Waals surface area contributed by atoms with Crippen LogP contribution in [-0.2, 0) is 0 Å². The molecule has 126 valence electrons. The molecule has 1 aliphatic carbocycles. The number of nitrogens with zero attached hydrogens (tertiary/aromatic N) is 1. The molecule has 1 saturated heterocycles. The normalized spacial score (nSPS) is 22.0. The van der Waals surface area contributed by atoms with Gasteiger partial charge in [0.2, 0.25) is 0 Å². The minimum absolute atomic E-state index is 0.0580. The second-order valence-electron chi connectivity index (χ2n) is 6.82. The van der Waals surface area contributed by atoms with Gasteiger partial charge in [-0.1, -0.05) is 23.7 Å². The van der Waals surface area contributed by atoms with Crippen LogP contribution in [0.5, 0.6) is 0 Å². The molecule has 1 aromatic carbocycles. The molecule has 2 aromatic rings. The van der Waals surface area contributed by atoms with Crippen LogP contribution in [0.15, 0.2) is 34.7 Å². The molecule has 1 amide bonds. The van der Waals surface area contributed by atoms with Crippen molar-refractivity contribution in [2.45, 2.75) is 44.2 Å². The van der Waals surface area contributed by atoms with Gasteiger partial charge in [0.05, 0.1) is 22.2 Å². The Balaban J connectivity index is 1.65. The summed E-state index contributed by atoms with van der Waals surface area (Å²) < 4.78 is 5.80. The smallest absolute Gasteiger partial charge is 0.257 e. The van der Waals surface area contributed by atoms with Gasteiger partial charge >= 0.3 is 0 Å². The number of rotatable bonds is 3. The zero-order valence-corrected chi connectivity index (χ0v) is 14.3. The number of hydrogen-bond donors (Lipinski definition) is 1. The molecular formula is C19H20ClNO3. The first-order chi connectivity index (χ1) is 11.5. The van der Waals surface area contributed by atoms with Crippen molar-refractivity contribution in [3.8, 4) is 11.3 Å². The van der Waals surface area contributed by atoms with Crippen LogP contribution in [0.4, 0.5) is 0 Å². The minimum Gasteiger partial charge on any atom is -0.460 e. The number of furan rings is 1. The fraction of sp³-hybridized carbons (Fsp3) is 0.421. The van der Waals surface area contributed by atoms with E-state index in [0.717, 1.165) is 31.2 Å². The van der Waals surface area contributed by atoms with Gasteiger partial charge in [-0.15, -0.1) is 0 Å². The summed E-state index contributed by atoms with van der Waals surface area (Å²) in [6, 6.07) is 9.13. The number of carbonyl (C=O) groups excluding carboxylic acids is 1. The Morgan fingerprint density at radius 3 is 2.83 bits per heavy atom. The second-order valence-corrected chi connectivity index (χ2v) is 7.23. The standard InChI is InChI=1S/C19H20ClNO3/c1-12-14(11-16(24-12)13-5-2-3-6-15(13)20)18(22)21-10-4-7-17(21)19(23)8-9-19/h2-3,5-6,11,17,23H,4,7-10H2,1H3. The van der Waals surface area contributed by atoms with Gasteiger partial charge in [-0.05, 0) is 50.8 Å². The van der Waals surface area contributed by atoms with Crippen molar-refractivity contribution in [2.75, 3.05) is 6.54 Å². The summed E-state index contributed by atoms with van der Waals surface area (Å²) in [6.07, 6.45) is 3.39. The highest BCUT2D eigenvalue weighted by atomic mass is 35.5. The van der Waals surface area contributed by atoms with Crippen molar-refractivity contribution < 1.29 is 14.3 Å². The van der Waals surface area contributed by atoms with E-state index < -0.39 is 5.60 Å². The lowest BCUT2D eigenvalue weighted by Crippen LogP contribution is -2.44. The Morgan fingerprint density at radius 2 is 2.12 bits per heavy atom. The van der Waals surface area contributed by atoms with Gasteiger partial charge in [0, 0.05) is 12.1 Å². The Morgan fingerprint density at radius 1 is 1.38 bits per heavy atom. The molecule has 1 unspecified atom stereocenters. The number of aliphatic hydroxyl groups is 1. The van der Waals surface area contributed by atoms with E-state index >= 15 is 0 Å². The largest absolute Gasteiger partial charge is 0.460 e. The van der Waals surface area contributed by atoms with E-state index in [0.29, 0.717) is 28.7 Å². The van der Waals surface area contributed by atoms with E-state index in [9.17, 15) is 9.90 Å². The molecule has 5 heteroatoms. The van der Waals surface area contributed by atoms with E-state index in [-0.39, 0.29) is 11.9 Å². The summed E-state index contributed by atoms with van der Waals surface area (Å²) in [5, 5.41) is 11.0. The van der Waals surface area contributed by atoms with Crippen molar-refractivity contribution in [3.63, 3.8) is 0 Å². The van der Waals surface area contributed by atoms with Crippen molar-refractivity contribution >= 4 is 17.5 Å². The molecule has 2 fully saturated rings. The van der Waals surface area contributed by atoms with Crippen LogP contribution in [-0.4, -0.2) is 34.1 Å². The van der Waals surface area contributed by atoms with Crippen molar-refractivity contribution in [1.82, 2.24) is 4.90 Å². The molecule has 0 spiro atoms. The van der Waals surface area contributed by atoms with Gasteiger partial charge in [-0.3, -0.25) is 4.79 Å². The average molecular weight is 346 g/mol. The first-order valence-corrected chi connectivity index (χ1v) is 8.76. The van der Waals surface area contributed by atoms with Gasteiger partial charge in [0.15, 0.2) is 0 Å². The summed E-state index contributed by atoms with van der Waals surface area (Å²) in [6.45, 7) is 2.49. The molecule has 2 heterocycles. The van der Waals surface area contributed by atoms with Gasteiger partial charge in [-0.25, -0.2) is 0 Å². The molecule has 1 aromatic heterocycles. The molecule has 24 heavy (non-hydrogen) atoms. The van der Waals surface area contributed by atoms with E-state index in [2.05, 4.69) is 0 Å². The number of aryl methyl sites for hydroxylation is 1. The van der Waals surface area contributed by atoms with Crippen LogP contribution in [0, 0.1) is 6.92 Å². The van der Waals surface area contributed by atoms with Gasteiger partial charge < -0.3 is 14.4 Å². The summed E-state index contributed by atoms with van der Waals surface area (Å²) in [5.41, 5.74) is 0.663. The number of likely N-dealkylation sites (tertiary alicyclic amines) is 1. The first-order valence-electron chi connectivity index (χ1n) is 8.38. The molecule has 2 aliphatic rings.